The largest absolute Gasteiger partial charge is 0.495 e. The maximum atomic E-state index is 5.45. The molecule has 0 amide bonds. The number of hydrogen-bond acceptors (Lipinski definition) is 4. The highest BCUT2D eigenvalue weighted by Gasteiger charge is 2.14. The molecule has 5 heteroatoms. The van der Waals surface area contributed by atoms with Crippen LogP contribution in [-0.4, -0.2) is 27.1 Å². The lowest BCUT2D eigenvalue weighted by atomic mass is 10.1. The predicted octanol–water partition coefficient (Wildman–Crippen LogP) is 4.39. The van der Waals surface area contributed by atoms with Crippen molar-refractivity contribution in [2.75, 3.05) is 7.11 Å². The molecule has 3 rings (SSSR count). The number of rotatable bonds is 7. The summed E-state index contributed by atoms with van der Waals surface area (Å²) in [5.41, 5.74) is 2.33. The van der Waals surface area contributed by atoms with Gasteiger partial charge in [0.15, 0.2) is 5.16 Å². The molecule has 0 aliphatic carbocycles. The van der Waals surface area contributed by atoms with Gasteiger partial charge in [-0.1, -0.05) is 61.2 Å². The molecule has 3 aromatic rings. The molecule has 0 bridgehead atoms. The van der Waals surface area contributed by atoms with E-state index in [-0.39, 0.29) is 0 Å². The first-order valence-corrected chi connectivity index (χ1v) is 8.90. The number of methoxy groups -OCH3 is 1. The molecule has 0 fully saturated rings. The van der Waals surface area contributed by atoms with Crippen LogP contribution in [0.4, 0.5) is 0 Å². The lowest BCUT2D eigenvalue weighted by Crippen LogP contribution is -2.03. The Hall–Kier alpha value is -2.27. The zero-order chi connectivity index (χ0) is 16.8. The van der Waals surface area contributed by atoms with Crippen LogP contribution in [0.15, 0.2) is 66.1 Å². The summed E-state index contributed by atoms with van der Waals surface area (Å²) in [5, 5.41) is 9.70. The first-order chi connectivity index (χ1) is 11.8. The second-order valence-electron chi connectivity index (χ2n) is 5.61. The van der Waals surface area contributed by atoms with Crippen molar-refractivity contribution < 1.29 is 4.74 Å². The van der Waals surface area contributed by atoms with E-state index < -0.39 is 0 Å². The lowest BCUT2D eigenvalue weighted by molar-refractivity contribution is 0.412. The van der Waals surface area contributed by atoms with E-state index in [1.165, 1.54) is 5.56 Å². The van der Waals surface area contributed by atoms with Gasteiger partial charge in [0.1, 0.15) is 12.1 Å². The van der Waals surface area contributed by atoms with E-state index in [1.807, 2.05) is 28.8 Å². The first kappa shape index (κ1) is 16.6. The van der Waals surface area contributed by atoms with Crippen LogP contribution in [-0.2, 0) is 6.42 Å². The molecule has 0 aliphatic heterocycles. The third-order valence-corrected chi connectivity index (χ3v) is 4.98. The minimum atomic E-state index is 0.447. The Balaban J connectivity index is 1.69. The Morgan fingerprint density at radius 1 is 1.08 bits per heavy atom. The van der Waals surface area contributed by atoms with Crippen molar-refractivity contribution in [1.29, 1.82) is 0 Å². The highest BCUT2D eigenvalue weighted by atomic mass is 32.2. The third-order valence-electron chi connectivity index (χ3n) is 3.85. The SMILES string of the molecule is COc1ccccc1-n1cnnc1SC(C)CCc1ccccc1. The minimum Gasteiger partial charge on any atom is -0.495 e. The number of aromatic nitrogens is 3. The molecule has 1 aromatic heterocycles. The maximum Gasteiger partial charge on any atom is 0.196 e. The highest BCUT2D eigenvalue weighted by molar-refractivity contribution is 7.99. The van der Waals surface area contributed by atoms with Crippen LogP contribution in [0, 0.1) is 0 Å². The number of nitrogens with zero attached hydrogens (tertiary/aromatic N) is 3. The lowest BCUT2D eigenvalue weighted by Gasteiger charge is -2.13. The molecule has 24 heavy (non-hydrogen) atoms. The summed E-state index contributed by atoms with van der Waals surface area (Å²) < 4.78 is 7.44. The van der Waals surface area contributed by atoms with Crippen molar-refractivity contribution in [2.24, 2.45) is 0 Å². The van der Waals surface area contributed by atoms with Gasteiger partial charge >= 0.3 is 0 Å². The average molecular weight is 339 g/mol. The number of para-hydroxylation sites is 2. The van der Waals surface area contributed by atoms with E-state index in [1.54, 1.807) is 25.2 Å². The summed E-state index contributed by atoms with van der Waals surface area (Å²) in [6.07, 6.45) is 3.90. The normalized spacial score (nSPS) is 12.1. The molecule has 1 unspecified atom stereocenters. The topological polar surface area (TPSA) is 39.9 Å². The number of benzene rings is 2. The van der Waals surface area contributed by atoms with Crippen LogP contribution in [0.2, 0.25) is 0 Å². The van der Waals surface area contributed by atoms with Gasteiger partial charge in [0.05, 0.1) is 12.8 Å². The van der Waals surface area contributed by atoms with Gasteiger partial charge in [0, 0.05) is 5.25 Å². The number of ether oxygens (including phenoxy) is 1. The molecule has 0 saturated heterocycles. The standard InChI is InChI=1S/C19H21N3OS/c1-15(12-13-16-8-4-3-5-9-16)24-19-21-20-14-22(19)17-10-6-7-11-18(17)23-2/h3-11,14-15H,12-13H2,1-2H3. The molecule has 2 aromatic carbocycles. The fraction of sp³-hybridized carbons (Fsp3) is 0.263. The van der Waals surface area contributed by atoms with Gasteiger partial charge in [-0.3, -0.25) is 4.57 Å². The Kier molecular flexibility index (Phi) is 5.54. The van der Waals surface area contributed by atoms with E-state index >= 15 is 0 Å². The van der Waals surface area contributed by atoms with Crippen LogP contribution in [0.5, 0.6) is 5.75 Å². The van der Waals surface area contributed by atoms with Crippen molar-refractivity contribution in [1.82, 2.24) is 14.8 Å². The zero-order valence-corrected chi connectivity index (χ0v) is 14.7. The summed E-state index contributed by atoms with van der Waals surface area (Å²) in [5.74, 6) is 0.816. The first-order valence-electron chi connectivity index (χ1n) is 8.02. The molecule has 0 radical (unpaired) electrons. The maximum absolute atomic E-state index is 5.45. The van der Waals surface area contributed by atoms with Crippen LogP contribution >= 0.6 is 11.8 Å². The molecular formula is C19H21N3OS. The fourth-order valence-electron chi connectivity index (χ4n) is 2.55. The number of aryl methyl sites for hydroxylation is 1. The predicted molar refractivity (Wildman–Crippen MR) is 98.0 cm³/mol. The molecular weight excluding hydrogens is 318 g/mol. The molecule has 0 aliphatic rings. The molecule has 0 saturated carbocycles. The van der Waals surface area contributed by atoms with Crippen LogP contribution in [0.25, 0.3) is 5.69 Å². The van der Waals surface area contributed by atoms with Crippen molar-refractivity contribution >= 4 is 11.8 Å². The molecule has 4 nitrogen and oxygen atoms in total. The Labute approximate surface area is 146 Å². The summed E-state index contributed by atoms with van der Waals surface area (Å²) in [6, 6.07) is 18.5. The van der Waals surface area contributed by atoms with Crippen molar-refractivity contribution in [3.05, 3.63) is 66.5 Å². The Morgan fingerprint density at radius 3 is 2.62 bits per heavy atom. The van der Waals surface area contributed by atoms with E-state index in [2.05, 4.69) is 47.5 Å². The van der Waals surface area contributed by atoms with Gasteiger partial charge in [-0.15, -0.1) is 10.2 Å². The average Bonchev–Trinajstić information content (AvgIpc) is 3.08. The smallest absolute Gasteiger partial charge is 0.196 e. The van der Waals surface area contributed by atoms with E-state index in [0.29, 0.717) is 5.25 Å². The van der Waals surface area contributed by atoms with Gasteiger partial charge in [0.25, 0.3) is 0 Å². The summed E-state index contributed by atoms with van der Waals surface area (Å²) >= 11 is 1.74. The second kappa shape index (κ2) is 8.02. The van der Waals surface area contributed by atoms with E-state index in [4.69, 9.17) is 4.74 Å². The van der Waals surface area contributed by atoms with Gasteiger partial charge in [-0.05, 0) is 30.5 Å². The molecule has 0 spiro atoms. The zero-order valence-electron chi connectivity index (χ0n) is 13.9. The monoisotopic (exact) mass is 339 g/mol. The van der Waals surface area contributed by atoms with Crippen LogP contribution < -0.4 is 4.74 Å². The van der Waals surface area contributed by atoms with Gasteiger partial charge in [-0.25, -0.2) is 0 Å². The van der Waals surface area contributed by atoms with Gasteiger partial charge in [0.2, 0.25) is 0 Å². The minimum absolute atomic E-state index is 0.447. The van der Waals surface area contributed by atoms with Crippen molar-refractivity contribution in [3.63, 3.8) is 0 Å². The molecule has 124 valence electrons. The van der Waals surface area contributed by atoms with Crippen molar-refractivity contribution in [2.45, 2.75) is 30.2 Å². The number of thioether (sulfide) groups is 1. The summed E-state index contributed by atoms with van der Waals surface area (Å²) in [6.45, 7) is 2.23. The number of hydrogen-bond donors (Lipinski definition) is 0. The Morgan fingerprint density at radius 2 is 1.83 bits per heavy atom. The molecule has 1 atom stereocenters. The second-order valence-corrected chi connectivity index (χ2v) is 7.01. The molecule has 0 N–H and O–H groups in total. The Bertz CT molecular complexity index is 773. The third kappa shape index (κ3) is 3.97. The summed E-state index contributed by atoms with van der Waals surface area (Å²) in [7, 11) is 1.68. The van der Waals surface area contributed by atoms with E-state index in [9.17, 15) is 0 Å². The van der Waals surface area contributed by atoms with Crippen molar-refractivity contribution in [3.8, 4) is 11.4 Å². The van der Waals surface area contributed by atoms with Crippen LogP contribution in [0.1, 0.15) is 18.9 Å². The van der Waals surface area contributed by atoms with Gasteiger partial charge in [-0.2, -0.15) is 0 Å². The quantitative estimate of drug-likeness (QED) is 0.599. The van der Waals surface area contributed by atoms with Crippen LogP contribution in [0.3, 0.4) is 0 Å². The highest BCUT2D eigenvalue weighted by Crippen LogP contribution is 2.29. The summed E-state index contributed by atoms with van der Waals surface area (Å²) in [4.78, 5) is 0. The molecule has 1 heterocycles. The van der Waals surface area contributed by atoms with E-state index in [0.717, 1.165) is 29.4 Å². The fourth-order valence-corrected chi connectivity index (χ4v) is 3.50. The van der Waals surface area contributed by atoms with Gasteiger partial charge < -0.3 is 4.74 Å².